The highest BCUT2D eigenvalue weighted by molar-refractivity contribution is 5.80. The van der Waals surface area contributed by atoms with E-state index in [1.807, 2.05) is 44.2 Å². The summed E-state index contributed by atoms with van der Waals surface area (Å²) in [6.45, 7) is 7.65. The highest BCUT2D eigenvalue weighted by Gasteiger charge is 2.28. The van der Waals surface area contributed by atoms with Crippen LogP contribution in [0.4, 0.5) is 0 Å². The molecule has 1 atom stereocenters. The maximum absolute atomic E-state index is 12.4. The Morgan fingerprint density at radius 3 is 2.70 bits per heavy atom. The summed E-state index contributed by atoms with van der Waals surface area (Å²) in [5, 5.41) is 5.97. The molecule has 2 amide bonds. The fraction of sp³-hybridized carbons (Fsp3) is 0.556. The lowest BCUT2D eigenvalue weighted by Crippen LogP contribution is -2.48. The summed E-state index contributed by atoms with van der Waals surface area (Å²) < 4.78 is 0. The second-order valence-corrected chi connectivity index (χ2v) is 6.74. The van der Waals surface area contributed by atoms with Crippen LogP contribution in [0.2, 0.25) is 0 Å². The minimum Gasteiger partial charge on any atom is -0.355 e. The lowest BCUT2D eigenvalue weighted by Gasteiger charge is -2.31. The van der Waals surface area contributed by atoms with E-state index in [-0.39, 0.29) is 23.4 Å². The van der Waals surface area contributed by atoms with Gasteiger partial charge in [-0.3, -0.25) is 14.5 Å². The van der Waals surface area contributed by atoms with Gasteiger partial charge in [0.2, 0.25) is 11.8 Å². The van der Waals surface area contributed by atoms with E-state index in [1.165, 1.54) is 0 Å². The van der Waals surface area contributed by atoms with Crippen molar-refractivity contribution in [1.29, 1.82) is 0 Å². The molecule has 1 unspecified atom stereocenters. The van der Waals surface area contributed by atoms with Crippen molar-refractivity contribution >= 4 is 11.8 Å². The van der Waals surface area contributed by atoms with Gasteiger partial charge < -0.3 is 10.6 Å². The number of carbonyl (C=O) groups is 2. The number of nitrogens with one attached hydrogen (secondary N) is 2. The van der Waals surface area contributed by atoms with E-state index in [1.54, 1.807) is 0 Å². The molecule has 5 nitrogen and oxygen atoms in total. The van der Waals surface area contributed by atoms with Crippen molar-refractivity contribution in [3.05, 3.63) is 35.9 Å². The van der Waals surface area contributed by atoms with Crippen LogP contribution in [0.15, 0.2) is 30.3 Å². The predicted octanol–water partition coefficient (Wildman–Crippen LogP) is 1.85. The molecule has 0 aromatic heterocycles. The number of benzene rings is 1. The molecule has 0 spiro atoms. The molecule has 1 aromatic rings. The zero-order valence-corrected chi connectivity index (χ0v) is 14.3. The number of carbonyl (C=O) groups excluding carboxylic acids is 2. The Bertz CT molecular complexity index is 542. The van der Waals surface area contributed by atoms with E-state index >= 15 is 0 Å². The number of amides is 2. The molecule has 5 heteroatoms. The summed E-state index contributed by atoms with van der Waals surface area (Å²) in [5.74, 6) is 0.0442. The Hall–Kier alpha value is -1.88. The summed E-state index contributed by atoms with van der Waals surface area (Å²) in [6, 6.07) is 9.87. The van der Waals surface area contributed by atoms with E-state index in [0.29, 0.717) is 26.1 Å². The van der Waals surface area contributed by atoms with Crippen LogP contribution in [0.5, 0.6) is 0 Å². The molecular weight excluding hydrogens is 290 g/mol. The standard InChI is InChI=1S/C18H27N3O2/c1-4-18(2,3)20-17(23)13-21-11-10-19-16(22)12-15(21)14-8-6-5-7-9-14/h5-9,15H,4,10-13H2,1-3H3,(H,19,22)(H,20,23). The molecule has 0 bridgehead atoms. The first kappa shape index (κ1) is 17.5. The molecule has 0 radical (unpaired) electrons. The third-order valence-corrected chi connectivity index (χ3v) is 4.43. The molecule has 0 saturated carbocycles. The lowest BCUT2D eigenvalue weighted by atomic mass is 10.0. The Labute approximate surface area is 138 Å². The second kappa shape index (κ2) is 7.59. The van der Waals surface area contributed by atoms with Gasteiger partial charge in [-0.15, -0.1) is 0 Å². The van der Waals surface area contributed by atoms with Gasteiger partial charge in [0.25, 0.3) is 0 Å². The van der Waals surface area contributed by atoms with Gasteiger partial charge in [0.15, 0.2) is 0 Å². The van der Waals surface area contributed by atoms with Gasteiger partial charge in [-0.25, -0.2) is 0 Å². The normalized spacial score (nSPS) is 19.8. The zero-order valence-electron chi connectivity index (χ0n) is 14.3. The molecular formula is C18H27N3O2. The number of hydrogen-bond donors (Lipinski definition) is 2. The van der Waals surface area contributed by atoms with E-state index in [4.69, 9.17) is 0 Å². The van der Waals surface area contributed by atoms with Gasteiger partial charge in [0, 0.05) is 31.1 Å². The average Bonchev–Trinajstić information content (AvgIpc) is 2.69. The molecule has 126 valence electrons. The summed E-state index contributed by atoms with van der Waals surface area (Å²) in [6.07, 6.45) is 1.26. The monoisotopic (exact) mass is 317 g/mol. The quantitative estimate of drug-likeness (QED) is 0.871. The van der Waals surface area contributed by atoms with E-state index in [9.17, 15) is 9.59 Å². The van der Waals surface area contributed by atoms with Crippen LogP contribution in [-0.2, 0) is 9.59 Å². The third-order valence-electron chi connectivity index (χ3n) is 4.43. The molecule has 23 heavy (non-hydrogen) atoms. The minimum atomic E-state index is -0.209. The van der Waals surface area contributed by atoms with Crippen molar-refractivity contribution < 1.29 is 9.59 Å². The van der Waals surface area contributed by atoms with Crippen molar-refractivity contribution in [2.75, 3.05) is 19.6 Å². The third kappa shape index (κ3) is 5.06. The maximum Gasteiger partial charge on any atom is 0.234 e. The number of rotatable bonds is 5. The fourth-order valence-electron chi connectivity index (χ4n) is 2.75. The van der Waals surface area contributed by atoms with Crippen LogP contribution >= 0.6 is 0 Å². The zero-order chi connectivity index (χ0) is 16.9. The minimum absolute atomic E-state index is 0.00660. The molecule has 2 N–H and O–H groups in total. The summed E-state index contributed by atoms with van der Waals surface area (Å²) >= 11 is 0. The Morgan fingerprint density at radius 1 is 1.35 bits per heavy atom. The fourth-order valence-corrected chi connectivity index (χ4v) is 2.75. The van der Waals surface area contributed by atoms with Crippen LogP contribution < -0.4 is 10.6 Å². The molecule has 1 aliphatic rings. The summed E-state index contributed by atoms with van der Waals surface area (Å²) in [7, 11) is 0. The van der Waals surface area contributed by atoms with Gasteiger partial charge in [-0.1, -0.05) is 37.3 Å². The predicted molar refractivity (Wildman–Crippen MR) is 90.9 cm³/mol. The molecule has 1 aliphatic heterocycles. The SMILES string of the molecule is CCC(C)(C)NC(=O)CN1CCNC(=O)CC1c1ccccc1. The van der Waals surface area contributed by atoms with Gasteiger partial charge >= 0.3 is 0 Å². The second-order valence-electron chi connectivity index (χ2n) is 6.74. The number of hydrogen-bond acceptors (Lipinski definition) is 3. The highest BCUT2D eigenvalue weighted by Crippen LogP contribution is 2.25. The topological polar surface area (TPSA) is 61.4 Å². The summed E-state index contributed by atoms with van der Waals surface area (Å²) in [4.78, 5) is 26.4. The van der Waals surface area contributed by atoms with E-state index in [0.717, 1.165) is 12.0 Å². The lowest BCUT2D eigenvalue weighted by molar-refractivity contribution is -0.125. The van der Waals surface area contributed by atoms with Gasteiger partial charge in [0.05, 0.1) is 6.54 Å². The van der Waals surface area contributed by atoms with Gasteiger partial charge in [-0.2, -0.15) is 0 Å². The van der Waals surface area contributed by atoms with Crippen LogP contribution in [-0.4, -0.2) is 41.9 Å². The van der Waals surface area contributed by atoms with Crippen molar-refractivity contribution in [3.63, 3.8) is 0 Å². The summed E-state index contributed by atoms with van der Waals surface area (Å²) in [5.41, 5.74) is 0.867. The first-order valence-electron chi connectivity index (χ1n) is 8.28. The van der Waals surface area contributed by atoms with Crippen LogP contribution in [0, 0.1) is 0 Å². The van der Waals surface area contributed by atoms with Crippen LogP contribution in [0.3, 0.4) is 0 Å². The van der Waals surface area contributed by atoms with Crippen LogP contribution in [0.1, 0.15) is 45.2 Å². The average molecular weight is 317 g/mol. The van der Waals surface area contributed by atoms with Crippen molar-refractivity contribution in [1.82, 2.24) is 15.5 Å². The Kier molecular flexibility index (Phi) is 5.77. The first-order chi connectivity index (χ1) is 10.9. The maximum atomic E-state index is 12.4. The highest BCUT2D eigenvalue weighted by atomic mass is 16.2. The van der Waals surface area contributed by atoms with E-state index < -0.39 is 0 Å². The van der Waals surface area contributed by atoms with Gasteiger partial charge in [-0.05, 0) is 25.8 Å². The van der Waals surface area contributed by atoms with Crippen molar-refractivity contribution in [2.45, 2.75) is 45.2 Å². The molecule has 2 rings (SSSR count). The van der Waals surface area contributed by atoms with Gasteiger partial charge in [0.1, 0.15) is 0 Å². The largest absolute Gasteiger partial charge is 0.355 e. The first-order valence-corrected chi connectivity index (χ1v) is 8.28. The molecule has 0 aliphatic carbocycles. The Balaban J connectivity index is 2.12. The van der Waals surface area contributed by atoms with Crippen LogP contribution in [0.25, 0.3) is 0 Å². The molecule has 1 heterocycles. The molecule has 1 fully saturated rings. The molecule has 1 aromatic carbocycles. The van der Waals surface area contributed by atoms with Crippen molar-refractivity contribution in [3.8, 4) is 0 Å². The van der Waals surface area contributed by atoms with E-state index in [2.05, 4.69) is 22.5 Å². The Morgan fingerprint density at radius 2 is 2.04 bits per heavy atom. The number of nitrogens with zero attached hydrogens (tertiary/aromatic N) is 1. The smallest absolute Gasteiger partial charge is 0.234 e. The molecule has 1 saturated heterocycles. The van der Waals surface area contributed by atoms with Crippen molar-refractivity contribution in [2.24, 2.45) is 0 Å².